The molecule has 3 rings (SSSR count). The monoisotopic (exact) mass is 470 g/mol. The topological polar surface area (TPSA) is 70.0 Å². The van der Waals surface area contributed by atoms with Gasteiger partial charge < -0.3 is 14.2 Å². The minimum absolute atomic E-state index is 0.0119. The van der Waals surface area contributed by atoms with E-state index in [1.807, 2.05) is 49.4 Å². The van der Waals surface area contributed by atoms with Crippen LogP contribution in [0.25, 0.3) is 10.9 Å². The van der Waals surface area contributed by atoms with E-state index >= 15 is 0 Å². The third-order valence-corrected chi connectivity index (χ3v) is 5.32. The molecule has 0 amide bonds. The van der Waals surface area contributed by atoms with Gasteiger partial charge in [-0.15, -0.1) is 0 Å². The van der Waals surface area contributed by atoms with Gasteiger partial charge in [0.2, 0.25) is 0 Å². The van der Waals surface area contributed by atoms with Crippen LogP contribution in [0.1, 0.15) is 24.2 Å². The van der Waals surface area contributed by atoms with E-state index in [0.29, 0.717) is 18.1 Å². The Morgan fingerprint density at radius 1 is 1.17 bits per heavy atom. The lowest BCUT2D eigenvalue weighted by Gasteiger charge is -2.17. The van der Waals surface area contributed by atoms with Crippen molar-refractivity contribution < 1.29 is 19.0 Å². The van der Waals surface area contributed by atoms with Crippen molar-refractivity contribution in [3.8, 4) is 11.5 Å². The number of aliphatic imine (C=N–C) groups is 1. The summed E-state index contributed by atoms with van der Waals surface area (Å²) < 4.78 is 17.2. The molecule has 0 saturated carbocycles. The highest BCUT2D eigenvalue weighted by Gasteiger charge is 2.22. The first kappa shape index (κ1) is 21.9. The van der Waals surface area contributed by atoms with Crippen molar-refractivity contribution in [2.45, 2.75) is 13.0 Å². The zero-order chi connectivity index (χ0) is 21.5. The predicted octanol–water partition coefficient (Wildman–Crippen LogP) is 4.78. The number of aromatic nitrogens is 1. The molecule has 30 heavy (non-hydrogen) atoms. The first-order chi connectivity index (χ1) is 14.6. The summed E-state index contributed by atoms with van der Waals surface area (Å²) in [5.41, 5.74) is 2.39. The summed E-state index contributed by atoms with van der Waals surface area (Å²) in [5.74, 6) is 1.12. The molecule has 0 aliphatic carbocycles. The van der Waals surface area contributed by atoms with E-state index in [1.54, 1.807) is 26.6 Å². The van der Waals surface area contributed by atoms with Gasteiger partial charge in [0.1, 0.15) is 28.6 Å². The molecule has 1 heterocycles. The molecule has 1 atom stereocenters. The molecule has 0 aliphatic rings. The van der Waals surface area contributed by atoms with Crippen molar-refractivity contribution in [1.29, 1.82) is 0 Å². The molecule has 0 N–H and O–H groups in total. The quantitative estimate of drug-likeness (QED) is 0.420. The van der Waals surface area contributed by atoms with Crippen molar-refractivity contribution in [3.63, 3.8) is 0 Å². The maximum atomic E-state index is 13.0. The van der Waals surface area contributed by atoms with E-state index in [9.17, 15) is 4.79 Å². The zero-order valence-electron chi connectivity index (χ0n) is 17.1. The van der Waals surface area contributed by atoms with Gasteiger partial charge in [-0.25, -0.2) is 0 Å². The minimum atomic E-state index is -0.700. The smallest absolute Gasteiger partial charge is 0.187 e. The summed E-state index contributed by atoms with van der Waals surface area (Å²) in [6, 6.07) is 13.1. The fraction of sp³-hybridized carbons (Fsp3) is 0.261. The fourth-order valence-corrected chi connectivity index (χ4v) is 3.72. The molecule has 0 spiro atoms. The van der Waals surface area contributed by atoms with Crippen LogP contribution in [0.15, 0.2) is 58.1 Å². The van der Waals surface area contributed by atoms with Crippen LogP contribution in [0.3, 0.4) is 0 Å². The van der Waals surface area contributed by atoms with Crippen LogP contribution in [0, 0.1) is 0 Å². The van der Waals surface area contributed by atoms with Crippen LogP contribution < -0.4 is 9.47 Å². The number of fused-ring (bicyclic) bond motifs is 1. The first-order valence-corrected chi connectivity index (χ1v) is 10.3. The van der Waals surface area contributed by atoms with Crippen LogP contribution >= 0.6 is 15.9 Å². The molecule has 156 valence electrons. The number of carbonyl (C=O) groups excluding carboxylic acids is 1. The molecule has 0 aliphatic heterocycles. The molecule has 6 nitrogen and oxygen atoms in total. The summed E-state index contributed by atoms with van der Waals surface area (Å²) >= 11 is 3.44. The van der Waals surface area contributed by atoms with Gasteiger partial charge in [-0.05, 0) is 58.2 Å². The Labute approximate surface area is 184 Å². The summed E-state index contributed by atoms with van der Waals surface area (Å²) in [7, 11) is 3.16. The van der Waals surface area contributed by atoms with E-state index in [4.69, 9.17) is 14.2 Å². The summed E-state index contributed by atoms with van der Waals surface area (Å²) in [4.78, 5) is 21.6. The van der Waals surface area contributed by atoms with Gasteiger partial charge in [-0.3, -0.25) is 14.8 Å². The maximum absolute atomic E-state index is 13.0. The number of pyridine rings is 1. The standard InChI is InChI=1S/C23H23BrN2O4/c1-4-30-23(17-7-5-9-18-16(17)8-6-10-26-18)19(27)14-25-13-15-11-20(28-2)22(24)21(12-15)29-3/h5-13,23H,4,14H2,1-3H3. The van der Waals surface area contributed by atoms with Gasteiger partial charge in [-0.2, -0.15) is 0 Å². The number of Topliss-reactive ketones (excluding diaryl/α,β-unsaturated/α-hetero) is 1. The number of nitrogens with zero attached hydrogens (tertiary/aromatic N) is 2. The molecule has 3 aromatic rings. The average Bonchev–Trinajstić information content (AvgIpc) is 2.78. The summed E-state index contributed by atoms with van der Waals surface area (Å²) in [6.07, 6.45) is 2.66. The lowest BCUT2D eigenvalue weighted by atomic mass is 10.00. The highest BCUT2D eigenvalue weighted by Crippen LogP contribution is 2.35. The van der Waals surface area contributed by atoms with E-state index < -0.39 is 6.10 Å². The molecule has 0 radical (unpaired) electrons. The second kappa shape index (κ2) is 10.3. The fourth-order valence-electron chi connectivity index (χ4n) is 3.17. The highest BCUT2D eigenvalue weighted by molar-refractivity contribution is 9.10. The third-order valence-electron chi connectivity index (χ3n) is 4.54. The number of carbonyl (C=O) groups is 1. The Hall–Kier alpha value is -2.77. The Morgan fingerprint density at radius 3 is 2.57 bits per heavy atom. The second-order valence-electron chi connectivity index (χ2n) is 6.43. The predicted molar refractivity (Wildman–Crippen MR) is 121 cm³/mol. The van der Waals surface area contributed by atoms with Gasteiger partial charge in [0.05, 0.1) is 19.7 Å². The number of benzene rings is 2. The van der Waals surface area contributed by atoms with Crippen molar-refractivity contribution in [1.82, 2.24) is 4.98 Å². The Balaban J connectivity index is 1.82. The molecular formula is C23H23BrN2O4. The number of rotatable bonds is 9. The van der Waals surface area contributed by atoms with Crippen molar-refractivity contribution in [3.05, 3.63) is 64.3 Å². The van der Waals surface area contributed by atoms with Crippen LogP contribution in [0.2, 0.25) is 0 Å². The summed E-state index contributed by atoms with van der Waals surface area (Å²) in [6.45, 7) is 2.27. The Morgan fingerprint density at radius 2 is 1.90 bits per heavy atom. The second-order valence-corrected chi connectivity index (χ2v) is 7.22. The number of methoxy groups -OCH3 is 2. The van der Waals surface area contributed by atoms with Crippen LogP contribution in [0.4, 0.5) is 0 Å². The molecule has 0 saturated heterocycles. The van der Waals surface area contributed by atoms with Gasteiger partial charge in [0, 0.05) is 24.4 Å². The van der Waals surface area contributed by atoms with Crippen LogP contribution in [0.5, 0.6) is 11.5 Å². The number of ketones is 1. The highest BCUT2D eigenvalue weighted by atomic mass is 79.9. The Kier molecular flexibility index (Phi) is 7.54. The number of hydrogen-bond donors (Lipinski definition) is 0. The Bertz CT molecular complexity index is 1040. The maximum Gasteiger partial charge on any atom is 0.187 e. The van der Waals surface area contributed by atoms with E-state index in [1.165, 1.54) is 0 Å². The van der Waals surface area contributed by atoms with Crippen molar-refractivity contribution >= 4 is 38.8 Å². The number of ether oxygens (including phenoxy) is 3. The average molecular weight is 471 g/mol. The molecule has 0 fully saturated rings. The third kappa shape index (κ3) is 4.86. The van der Waals surface area contributed by atoms with Crippen LogP contribution in [-0.2, 0) is 9.53 Å². The normalized spacial score (nSPS) is 12.3. The first-order valence-electron chi connectivity index (χ1n) is 9.48. The molecule has 7 heteroatoms. The van der Waals surface area contributed by atoms with Gasteiger partial charge in [0.15, 0.2) is 5.78 Å². The van der Waals surface area contributed by atoms with E-state index in [2.05, 4.69) is 25.9 Å². The van der Waals surface area contributed by atoms with Crippen molar-refractivity contribution in [2.75, 3.05) is 27.4 Å². The van der Waals surface area contributed by atoms with E-state index in [-0.39, 0.29) is 12.3 Å². The van der Waals surface area contributed by atoms with Crippen molar-refractivity contribution in [2.24, 2.45) is 4.99 Å². The molecule has 0 bridgehead atoms. The van der Waals surface area contributed by atoms with Gasteiger partial charge in [0.25, 0.3) is 0 Å². The van der Waals surface area contributed by atoms with Gasteiger partial charge >= 0.3 is 0 Å². The van der Waals surface area contributed by atoms with Crippen LogP contribution in [-0.4, -0.2) is 44.4 Å². The lowest BCUT2D eigenvalue weighted by Crippen LogP contribution is -2.19. The van der Waals surface area contributed by atoms with Gasteiger partial charge in [-0.1, -0.05) is 18.2 Å². The number of hydrogen-bond acceptors (Lipinski definition) is 6. The molecule has 2 aromatic carbocycles. The SMILES string of the molecule is CCOC(C(=O)CN=Cc1cc(OC)c(Br)c(OC)c1)c1cccc2ncccc12. The largest absolute Gasteiger partial charge is 0.495 e. The summed E-state index contributed by atoms with van der Waals surface area (Å²) in [5, 5.41) is 0.901. The van der Waals surface area contributed by atoms with E-state index in [0.717, 1.165) is 26.5 Å². The number of halogens is 1. The minimum Gasteiger partial charge on any atom is -0.495 e. The molecule has 1 aromatic heterocycles. The molecule has 1 unspecified atom stereocenters. The molecular weight excluding hydrogens is 448 g/mol. The zero-order valence-corrected chi connectivity index (χ0v) is 18.7. The lowest BCUT2D eigenvalue weighted by molar-refractivity contribution is -0.129.